The van der Waals surface area contributed by atoms with Gasteiger partial charge >= 0.3 is 0 Å². The Morgan fingerprint density at radius 1 is 1.09 bits per heavy atom. The molecule has 0 atom stereocenters. The number of hydrogen-bond donors (Lipinski definition) is 2. The second kappa shape index (κ2) is 6.90. The van der Waals surface area contributed by atoms with E-state index in [4.69, 9.17) is 23.8 Å². The van der Waals surface area contributed by atoms with E-state index in [0.29, 0.717) is 11.7 Å². The Morgan fingerprint density at radius 3 is 2.73 bits per heavy atom. The number of thiocarbonyl (C=S) groups is 1. The highest BCUT2D eigenvalue weighted by Crippen LogP contribution is 2.28. The number of fused-ring (bicyclic) bond motifs is 1. The van der Waals surface area contributed by atoms with Gasteiger partial charge in [0.05, 0.1) is 5.71 Å². The zero-order valence-corrected chi connectivity index (χ0v) is 13.5. The summed E-state index contributed by atoms with van der Waals surface area (Å²) in [5, 5.41) is 8.90. The van der Waals surface area contributed by atoms with Crippen LogP contribution in [-0.2, 0) is 13.0 Å². The number of nitrogens with zero attached hydrogens (tertiary/aromatic N) is 1. The molecule has 0 aromatic heterocycles. The van der Waals surface area contributed by atoms with E-state index in [1.807, 2.05) is 30.3 Å². The lowest BCUT2D eigenvalue weighted by Gasteiger charge is -2.08. The zero-order chi connectivity index (χ0) is 15.4. The summed E-state index contributed by atoms with van der Waals surface area (Å²) < 4.78 is 0. The van der Waals surface area contributed by atoms with Gasteiger partial charge in [0.25, 0.3) is 0 Å². The molecule has 0 bridgehead atoms. The van der Waals surface area contributed by atoms with Gasteiger partial charge < -0.3 is 5.32 Å². The summed E-state index contributed by atoms with van der Waals surface area (Å²) in [6, 6.07) is 16.0. The number of nitrogens with one attached hydrogen (secondary N) is 2. The lowest BCUT2D eigenvalue weighted by atomic mass is 10.1. The molecule has 0 fully saturated rings. The molecule has 0 saturated heterocycles. The van der Waals surface area contributed by atoms with E-state index >= 15 is 0 Å². The van der Waals surface area contributed by atoms with Crippen LogP contribution < -0.4 is 10.7 Å². The molecule has 1 aliphatic rings. The normalized spacial score (nSPS) is 14.7. The van der Waals surface area contributed by atoms with E-state index in [2.05, 4.69) is 34.0 Å². The lowest BCUT2D eigenvalue weighted by Crippen LogP contribution is -2.32. The minimum absolute atomic E-state index is 0.520. The SMILES string of the molecule is S=C(NCc1ccccc1)N/N=C1/CCc2c(Cl)cccc21. The molecule has 2 aromatic rings. The third-order valence-electron chi connectivity index (χ3n) is 3.63. The summed E-state index contributed by atoms with van der Waals surface area (Å²) in [7, 11) is 0. The highest BCUT2D eigenvalue weighted by atomic mass is 35.5. The van der Waals surface area contributed by atoms with Crippen molar-refractivity contribution in [3.63, 3.8) is 0 Å². The van der Waals surface area contributed by atoms with Crippen molar-refractivity contribution < 1.29 is 0 Å². The van der Waals surface area contributed by atoms with E-state index in [1.54, 1.807) is 0 Å². The summed E-state index contributed by atoms with van der Waals surface area (Å²) in [4.78, 5) is 0. The van der Waals surface area contributed by atoms with Crippen LogP contribution in [0, 0.1) is 0 Å². The number of hydrogen-bond acceptors (Lipinski definition) is 2. The van der Waals surface area contributed by atoms with Crippen LogP contribution in [-0.4, -0.2) is 10.8 Å². The highest BCUT2D eigenvalue weighted by molar-refractivity contribution is 7.80. The molecular weight excluding hydrogens is 314 g/mol. The smallest absolute Gasteiger partial charge is 0.187 e. The Hall–Kier alpha value is -1.91. The average Bonchev–Trinajstić information content (AvgIpc) is 2.96. The third kappa shape index (κ3) is 3.46. The predicted molar refractivity (Wildman–Crippen MR) is 95.3 cm³/mol. The molecule has 5 heteroatoms. The molecule has 0 aliphatic heterocycles. The predicted octanol–water partition coefficient (Wildman–Crippen LogP) is 3.65. The van der Waals surface area contributed by atoms with Crippen molar-refractivity contribution in [2.75, 3.05) is 0 Å². The first-order valence-corrected chi connectivity index (χ1v) is 7.95. The van der Waals surface area contributed by atoms with Crippen LogP contribution in [0.1, 0.15) is 23.1 Å². The summed E-state index contributed by atoms with van der Waals surface area (Å²) in [6.07, 6.45) is 1.81. The Kier molecular flexibility index (Phi) is 4.71. The van der Waals surface area contributed by atoms with E-state index in [-0.39, 0.29) is 0 Å². The Labute approximate surface area is 140 Å². The van der Waals surface area contributed by atoms with Crippen LogP contribution in [0.4, 0.5) is 0 Å². The maximum atomic E-state index is 6.20. The number of halogens is 1. The molecule has 3 rings (SSSR count). The van der Waals surface area contributed by atoms with Gasteiger partial charge in [0, 0.05) is 17.1 Å². The van der Waals surface area contributed by atoms with Crippen LogP contribution in [0.5, 0.6) is 0 Å². The molecule has 0 heterocycles. The van der Waals surface area contributed by atoms with E-state index in [9.17, 15) is 0 Å². The van der Waals surface area contributed by atoms with Gasteiger partial charge in [-0.3, -0.25) is 5.43 Å². The molecule has 2 N–H and O–H groups in total. The van der Waals surface area contributed by atoms with Crippen molar-refractivity contribution in [3.8, 4) is 0 Å². The average molecular weight is 330 g/mol. The van der Waals surface area contributed by atoms with E-state index < -0.39 is 0 Å². The van der Waals surface area contributed by atoms with Crippen LogP contribution in [0.3, 0.4) is 0 Å². The fourth-order valence-electron chi connectivity index (χ4n) is 2.51. The minimum Gasteiger partial charge on any atom is -0.357 e. The highest BCUT2D eigenvalue weighted by Gasteiger charge is 2.19. The van der Waals surface area contributed by atoms with Gasteiger partial charge in [0.2, 0.25) is 0 Å². The third-order valence-corrected chi connectivity index (χ3v) is 4.22. The number of benzene rings is 2. The maximum Gasteiger partial charge on any atom is 0.187 e. The van der Waals surface area contributed by atoms with Crippen molar-refractivity contribution in [1.82, 2.24) is 10.7 Å². The van der Waals surface area contributed by atoms with Crippen molar-refractivity contribution in [2.24, 2.45) is 5.10 Å². The topological polar surface area (TPSA) is 36.4 Å². The van der Waals surface area contributed by atoms with Gasteiger partial charge in [-0.25, -0.2) is 0 Å². The largest absolute Gasteiger partial charge is 0.357 e. The van der Waals surface area contributed by atoms with Gasteiger partial charge in [-0.1, -0.05) is 54.1 Å². The summed E-state index contributed by atoms with van der Waals surface area (Å²) in [5.74, 6) is 0. The van der Waals surface area contributed by atoms with Crippen LogP contribution >= 0.6 is 23.8 Å². The molecule has 0 unspecified atom stereocenters. The molecule has 2 aromatic carbocycles. The second-order valence-corrected chi connectivity index (χ2v) is 5.92. The van der Waals surface area contributed by atoms with E-state index in [0.717, 1.165) is 29.1 Å². The monoisotopic (exact) mass is 329 g/mol. The molecule has 0 radical (unpaired) electrons. The Balaban J connectivity index is 1.59. The van der Waals surface area contributed by atoms with Gasteiger partial charge in [-0.2, -0.15) is 5.10 Å². The quantitative estimate of drug-likeness (QED) is 0.666. The second-order valence-electron chi connectivity index (χ2n) is 5.10. The maximum absolute atomic E-state index is 6.20. The molecule has 22 heavy (non-hydrogen) atoms. The minimum atomic E-state index is 0.520. The number of rotatable bonds is 3. The molecule has 1 aliphatic carbocycles. The van der Waals surface area contributed by atoms with Gasteiger partial charge in [0.1, 0.15) is 0 Å². The fraction of sp³-hybridized carbons (Fsp3) is 0.176. The van der Waals surface area contributed by atoms with Crippen LogP contribution in [0.2, 0.25) is 5.02 Å². The van der Waals surface area contributed by atoms with Crippen molar-refractivity contribution in [3.05, 3.63) is 70.2 Å². The van der Waals surface area contributed by atoms with Crippen molar-refractivity contribution in [1.29, 1.82) is 0 Å². The first-order valence-electron chi connectivity index (χ1n) is 7.16. The van der Waals surface area contributed by atoms with Crippen LogP contribution in [0.25, 0.3) is 0 Å². The van der Waals surface area contributed by atoms with E-state index in [1.165, 1.54) is 11.1 Å². The molecule has 3 nitrogen and oxygen atoms in total. The summed E-state index contributed by atoms with van der Waals surface area (Å²) in [5.41, 5.74) is 7.39. The first kappa shape index (κ1) is 15.0. The molecule has 0 spiro atoms. The van der Waals surface area contributed by atoms with Crippen LogP contribution in [0.15, 0.2) is 53.6 Å². The summed E-state index contributed by atoms with van der Waals surface area (Å²) >= 11 is 11.5. The molecule has 112 valence electrons. The molecular formula is C17H16ClN3S. The zero-order valence-electron chi connectivity index (χ0n) is 12.0. The van der Waals surface area contributed by atoms with Gasteiger partial charge in [0.15, 0.2) is 5.11 Å². The molecule has 0 saturated carbocycles. The first-order chi connectivity index (χ1) is 10.7. The lowest BCUT2D eigenvalue weighted by molar-refractivity contribution is 0.864. The molecule has 0 amide bonds. The fourth-order valence-corrected chi connectivity index (χ4v) is 2.90. The Bertz CT molecular complexity index is 713. The Morgan fingerprint density at radius 2 is 1.91 bits per heavy atom. The van der Waals surface area contributed by atoms with Crippen molar-refractivity contribution >= 4 is 34.6 Å². The number of hydrazone groups is 1. The standard InChI is InChI=1S/C17H16ClN3S/c18-15-8-4-7-14-13(15)9-10-16(14)20-21-17(22)19-11-12-5-2-1-3-6-12/h1-8H,9-11H2,(H2,19,21,22)/b20-16-. The van der Waals surface area contributed by atoms with Gasteiger partial charge in [-0.15, -0.1) is 0 Å². The van der Waals surface area contributed by atoms with Crippen molar-refractivity contribution in [2.45, 2.75) is 19.4 Å². The van der Waals surface area contributed by atoms with Gasteiger partial charge in [-0.05, 0) is 42.3 Å². The summed E-state index contributed by atoms with van der Waals surface area (Å²) in [6.45, 7) is 0.680.